The fraction of sp³-hybridized carbons (Fsp3) is 0. The Morgan fingerprint density at radius 3 is 1.31 bits per heavy atom. The summed E-state index contributed by atoms with van der Waals surface area (Å²) in [6.07, 6.45) is 0. The van der Waals surface area contributed by atoms with Gasteiger partial charge < -0.3 is 0 Å². The van der Waals surface area contributed by atoms with Crippen molar-refractivity contribution in [1.82, 2.24) is 15.0 Å². The number of rotatable bonds is 9. The molecule has 3 nitrogen and oxygen atoms in total. The Kier molecular flexibility index (Phi) is 10.4. The van der Waals surface area contributed by atoms with Gasteiger partial charge in [-0.3, -0.25) is 0 Å². The number of hydrogen-bond donors (Lipinski definition) is 0. The standard InChI is InChI=1S/C63H41N3S/c1-6-21-42(22-7-1)54-41-55(48-32-18-31-47(39-48)51-36-20-37-53-52-35-16-17-38-56(52)67-62(51)53)65-63(64-54)50-34-19-33-49(40-50)57-58(43-23-8-2-9-24-43)60(45-27-12-4-13-28-45)66-61(46-29-14-5-15-30-46)59(57)44-25-10-3-11-26-44/h1-41H. The molecule has 0 N–H and O–H groups in total. The first kappa shape index (κ1) is 40.0. The van der Waals surface area contributed by atoms with Gasteiger partial charge in [0.05, 0.1) is 22.8 Å². The summed E-state index contributed by atoms with van der Waals surface area (Å²) in [5.74, 6) is 0.651. The van der Waals surface area contributed by atoms with Crippen LogP contribution in [0.2, 0.25) is 0 Å². The van der Waals surface area contributed by atoms with E-state index in [9.17, 15) is 0 Å². The third kappa shape index (κ3) is 7.59. The maximum Gasteiger partial charge on any atom is 0.160 e. The summed E-state index contributed by atoms with van der Waals surface area (Å²) >= 11 is 1.85. The molecule has 0 aliphatic rings. The summed E-state index contributed by atoms with van der Waals surface area (Å²) in [6.45, 7) is 0. The predicted octanol–water partition coefficient (Wildman–Crippen LogP) is 17.2. The van der Waals surface area contributed by atoms with Crippen LogP contribution in [0.25, 0.3) is 121 Å². The average Bonchev–Trinajstić information content (AvgIpc) is 3.80. The molecule has 0 aliphatic heterocycles. The van der Waals surface area contributed by atoms with Crippen molar-refractivity contribution in [1.29, 1.82) is 0 Å². The maximum atomic E-state index is 5.66. The first-order valence-electron chi connectivity index (χ1n) is 22.6. The van der Waals surface area contributed by atoms with Crippen molar-refractivity contribution in [2.75, 3.05) is 0 Å². The summed E-state index contributed by atoms with van der Waals surface area (Å²) in [5, 5.41) is 2.58. The molecule has 0 unspecified atom stereocenters. The molecular formula is C63H41N3S. The second kappa shape index (κ2) is 17.4. The van der Waals surface area contributed by atoms with E-state index in [0.29, 0.717) is 5.82 Å². The van der Waals surface area contributed by atoms with Crippen LogP contribution in [-0.4, -0.2) is 15.0 Å². The van der Waals surface area contributed by atoms with Crippen molar-refractivity contribution in [3.63, 3.8) is 0 Å². The van der Waals surface area contributed by atoms with E-state index in [4.69, 9.17) is 15.0 Å². The number of hydrogen-bond acceptors (Lipinski definition) is 4. The van der Waals surface area contributed by atoms with Crippen LogP contribution in [0, 0.1) is 0 Å². The molecule has 0 atom stereocenters. The van der Waals surface area contributed by atoms with E-state index in [-0.39, 0.29) is 0 Å². The van der Waals surface area contributed by atoms with Crippen LogP contribution in [0.5, 0.6) is 0 Å². The number of benzene rings is 9. The van der Waals surface area contributed by atoms with Crippen molar-refractivity contribution < 1.29 is 0 Å². The lowest BCUT2D eigenvalue weighted by Crippen LogP contribution is -2.02. The van der Waals surface area contributed by atoms with E-state index < -0.39 is 0 Å². The minimum Gasteiger partial charge on any atom is -0.246 e. The Balaban J connectivity index is 1.09. The highest BCUT2D eigenvalue weighted by molar-refractivity contribution is 7.26. The first-order chi connectivity index (χ1) is 33.2. The largest absolute Gasteiger partial charge is 0.246 e. The van der Waals surface area contributed by atoms with Gasteiger partial charge in [0.2, 0.25) is 0 Å². The Morgan fingerprint density at radius 1 is 0.269 bits per heavy atom. The van der Waals surface area contributed by atoms with Crippen molar-refractivity contribution in [2.24, 2.45) is 0 Å². The van der Waals surface area contributed by atoms with Crippen LogP contribution in [0.15, 0.2) is 249 Å². The highest BCUT2D eigenvalue weighted by Gasteiger charge is 2.26. The second-order valence-electron chi connectivity index (χ2n) is 16.7. The van der Waals surface area contributed by atoms with Gasteiger partial charge in [-0.05, 0) is 52.1 Å². The van der Waals surface area contributed by atoms with Gasteiger partial charge in [0.25, 0.3) is 0 Å². The lowest BCUT2D eigenvalue weighted by molar-refractivity contribution is 1.18. The normalized spacial score (nSPS) is 11.3. The molecule has 0 amide bonds. The molecule has 0 radical (unpaired) electrons. The number of nitrogens with zero attached hydrogens (tertiary/aromatic N) is 3. The van der Waals surface area contributed by atoms with Gasteiger partial charge in [-0.2, -0.15) is 0 Å². The third-order valence-electron chi connectivity index (χ3n) is 12.5. The first-order valence-corrected chi connectivity index (χ1v) is 23.4. The van der Waals surface area contributed by atoms with Crippen LogP contribution in [-0.2, 0) is 0 Å². The van der Waals surface area contributed by atoms with Gasteiger partial charge in [-0.1, -0.05) is 224 Å². The molecule has 0 saturated heterocycles. The van der Waals surface area contributed by atoms with E-state index >= 15 is 0 Å². The Labute approximate surface area is 394 Å². The van der Waals surface area contributed by atoms with Gasteiger partial charge in [-0.25, -0.2) is 15.0 Å². The molecule has 314 valence electrons. The Morgan fingerprint density at radius 2 is 0.701 bits per heavy atom. The van der Waals surface area contributed by atoms with Crippen molar-refractivity contribution >= 4 is 31.5 Å². The van der Waals surface area contributed by atoms with Gasteiger partial charge in [0.1, 0.15) is 0 Å². The summed E-state index contributed by atoms with van der Waals surface area (Å²) in [4.78, 5) is 16.4. The average molecular weight is 872 g/mol. The molecule has 0 saturated carbocycles. The molecule has 12 aromatic rings. The molecule has 4 heteroatoms. The summed E-state index contributed by atoms with van der Waals surface area (Å²) in [6, 6.07) is 88.0. The summed E-state index contributed by atoms with van der Waals surface area (Å²) in [7, 11) is 0. The molecule has 0 aliphatic carbocycles. The molecule has 3 heterocycles. The maximum absolute atomic E-state index is 5.66. The van der Waals surface area contributed by atoms with E-state index in [1.165, 1.54) is 25.7 Å². The van der Waals surface area contributed by atoms with Gasteiger partial charge in [0, 0.05) is 64.7 Å². The second-order valence-corrected chi connectivity index (χ2v) is 17.7. The van der Waals surface area contributed by atoms with E-state index in [0.717, 1.165) is 89.5 Å². The van der Waals surface area contributed by atoms with Crippen molar-refractivity contribution in [3.05, 3.63) is 249 Å². The van der Waals surface area contributed by atoms with Crippen LogP contribution < -0.4 is 0 Å². The zero-order chi connectivity index (χ0) is 44.5. The molecule has 9 aromatic carbocycles. The van der Waals surface area contributed by atoms with Crippen LogP contribution in [0.4, 0.5) is 0 Å². The molecule has 12 rings (SSSR count). The van der Waals surface area contributed by atoms with E-state index in [1.54, 1.807) is 0 Å². The molecule has 0 bridgehead atoms. The monoisotopic (exact) mass is 871 g/mol. The molecule has 3 aromatic heterocycles. The molecule has 0 spiro atoms. The smallest absolute Gasteiger partial charge is 0.160 e. The molecule has 0 fully saturated rings. The van der Waals surface area contributed by atoms with Crippen LogP contribution >= 0.6 is 11.3 Å². The van der Waals surface area contributed by atoms with Gasteiger partial charge in [0.15, 0.2) is 5.82 Å². The summed E-state index contributed by atoms with van der Waals surface area (Å²) in [5.41, 5.74) is 17.4. The quantitative estimate of drug-likeness (QED) is 0.145. The predicted molar refractivity (Wildman–Crippen MR) is 282 cm³/mol. The number of fused-ring (bicyclic) bond motifs is 3. The summed E-state index contributed by atoms with van der Waals surface area (Å²) < 4.78 is 2.58. The number of pyridine rings is 1. The fourth-order valence-electron chi connectivity index (χ4n) is 9.37. The molecular weight excluding hydrogens is 831 g/mol. The van der Waals surface area contributed by atoms with Gasteiger partial charge >= 0.3 is 0 Å². The minimum atomic E-state index is 0.651. The van der Waals surface area contributed by atoms with E-state index in [2.05, 4.69) is 243 Å². The lowest BCUT2D eigenvalue weighted by Gasteiger charge is -2.23. The highest BCUT2D eigenvalue weighted by atomic mass is 32.1. The van der Waals surface area contributed by atoms with Crippen LogP contribution in [0.3, 0.4) is 0 Å². The molecule has 67 heavy (non-hydrogen) atoms. The van der Waals surface area contributed by atoms with E-state index in [1.807, 2.05) is 17.4 Å². The Hall–Kier alpha value is -8.57. The van der Waals surface area contributed by atoms with Gasteiger partial charge in [-0.15, -0.1) is 11.3 Å². The number of aromatic nitrogens is 3. The highest BCUT2D eigenvalue weighted by Crippen LogP contribution is 2.49. The van der Waals surface area contributed by atoms with Crippen molar-refractivity contribution in [2.45, 2.75) is 0 Å². The zero-order valence-corrected chi connectivity index (χ0v) is 37.2. The topological polar surface area (TPSA) is 38.7 Å². The number of thiophene rings is 1. The Bertz CT molecular complexity index is 3620. The van der Waals surface area contributed by atoms with Crippen LogP contribution in [0.1, 0.15) is 0 Å². The zero-order valence-electron chi connectivity index (χ0n) is 36.4. The fourth-order valence-corrected chi connectivity index (χ4v) is 10.6. The minimum absolute atomic E-state index is 0.651. The lowest BCUT2D eigenvalue weighted by atomic mass is 9.83. The SMILES string of the molecule is c1ccc(-c2cc(-c3cccc(-c4cccc5c4sc4ccccc45)c3)nc(-c3cccc(-c4c(-c5ccccc5)c(-c5ccccc5)nc(-c5ccccc5)c4-c4ccccc4)c3)n2)cc1. The third-order valence-corrected chi connectivity index (χ3v) is 13.7. The van der Waals surface area contributed by atoms with Crippen molar-refractivity contribution in [3.8, 4) is 101 Å².